The lowest BCUT2D eigenvalue weighted by Crippen LogP contribution is -2.60. The van der Waals surface area contributed by atoms with E-state index in [0.29, 0.717) is 13.2 Å². The fourth-order valence-corrected chi connectivity index (χ4v) is 3.79. The van der Waals surface area contributed by atoms with Crippen LogP contribution in [0.1, 0.15) is 24.5 Å². The summed E-state index contributed by atoms with van der Waals surface area (Å²) in [6.45, 7) is 2.64. The summed E-state index contributed by atoms with van der Waals surface area (Å²) in [6, 6.07) is 19.6. The molecule has 0 saturated carbocycles. The molecule has 2 aromatic carbocycles. The lowest BCUT2D eigenvalue weighted by molar-refractivity contribution is -0.309. The summed E-state index contributed by atoms with van der Waals surface area (Å²) in [4.78, 5) is 11.8. The van der Waals surface area contributed by atoms with Crippen molar-refractivity contribution in [2.24, 2.45) is 0 Å². The van der Waals surface area contributed by atoms with Gasteiger partial charge in [0.2, 0.25) is 0 Å². The average molecular weight is 481 g/mol. The van der Waals surface area contributed by atoms with Gasteiger partial charge >= 0.3 is 5.97 Å². The normalized spacial score (nSPS) is 24.1. The number of hydrogen-bond acceptors (Lipinski definition) is 7. The summed E-state index contributed by atoms with van der Waals surface area (Å²) in [5.74, 6) is 2.12. The summed E-state index contributed by atoms with van der Waals surface area (Å²) >= 11 is 0. The van der Waals surface area contributed by atoms with Gasteiger partial charge in [-0.25, -0.2) is 4.79 Å². The van der Waals surface area contributed by atoms with Gasteiger partial charge in [-0.15, -0.1) is 12.3 Å². The van der Waals surface area contributed by atoms with Crippen LogP contribution < -0.4 is 0 Å². The van der Waals surface area contributed by atoms with Crippen LogP contribution in [0.2, 0.25) is 0 Å². The van der Waals surface area contributed by atoms with Crippen LogP contribution in [0.4, 0.5) is 0 Å². The van der Waals surface area contributed by atoms with Crippen LogP contribution in [0.15, 0.2) is 73.0 Å². The SMILES string of the molecule is C#CC[C@H]1O[C@H](OC)[C@H](OCc2ccccc2)[C@@H](OCc2ccccc2)[C@@H]1O/C=C/C(=O)OCC. The van der Waals surface area contributed by atoms with Gasteiger partial charge in [-0.3, -0.25) is 0 Å². The molecule has 0 unspecified atom stereocenters. The molecule has 0 bridgehead atoms. The summed E-state index contributed by atoms with van der Waals surface area (Å²) in [7, 11) is 1.55. The molecule has 0 amide bonds. The lowest BCUT2D eigenvalue weighted by atomic mass is 9.96. The minimum atomic E-state index is -0.730. The van der Waals surface area contributed by atoms with E-state index < -0.39 is 36.7 Å². The molecule has 1 aliphatic rings. The standard InChI is InChI=1S/C28H32O7/c1-4-12-23-25(32-18-17-24(29)31-5-2)26(33-19-21-13-8-6-9-14-21)27(28(30-3)35-23)34-20-22-15-10-7-11-16-22/h1,6-11,13-18,23,25-28H,5,12,19-20H2,2-3H3/b18-17+/t23-,25-,26+,27-,28+/m1/s1. The summed E-state index contributed by atoms with van der Waals surface area (Å²) in [5, 5.41) is 0. The highest BCUT2D eigenvalue weighted by Crippen LogP contribution is 2.31. The van der Waals surface area contributed by atoms with Crippen LogP contribution in [-0.2, 0) is 46.4 Å². The number of terminal acetylenes is 1. The van der Waals surface area contributed by atoms with E-state index in [1.165, 1.54) is 12.3 Å². The molecule has 0 N–H and O–H groups in total. The van der Waals surface area contributed by atoms with Crippen molar-refractivity contribution in [2.75, 3.05) is 13.7 Å². The van der Waals surface area contributed by atoms with Gasteiger partial charge in [-0.2, -0.15) is 0 Å². The number of hydrogen-bond donors (Lipinski definition) is 0. The maximum atomic E-state index is 11.8. The van der Waals surface area contributed by atoms with Gasteiger partial charge in [0.25, 0.3) is 0 Å². The van der Waals surface area contributed by atoms with E-state index in [0.717, 1.165) is 11.1 Å². The Hall–Kier alpha value is -3.15. The van der Waals surface area contributed by atoms with E-state index in [9.17, 15) is 4.79 Å². The van der Waals surface area contributed by atoms with E-state index in [2.05, 4.69) is 5.92 Å². The molecular formula is C28H32O7. The number of rotatable bonds is 12. The van der Waals surface area contributed by atoms with Gasteiger partial charge in [0.05, 0.1) is 32.2 Å². The maximum Gasteiger partial charge on any atom is 0.333 e. The van der Waals surface area contributed by atoms with E-state index in [-0.39, 0.29) is 13.0 Å². The molecule has 0 radical (unpaired) electrons. The van der Waals surface area contributed by atoms with Crippen molar-refractivity contribution >= 4 is 5.97 Å². The zero-order valence-electron chi connectivity index (χ0n) is 20.1. The second kappa shape index (κ2) is 14.3. The van der Waals surface area contributed by atoms with Crippen molar-refractivity contribution in [3.8, 4) is 12.3 Å². The van der Waals surface area contributed by atoms with Crippen LogP contribution in [0.5, 0.6) is 0 Å². The Balaban J connectivity index is 1.85. The first-order valence-corrected chi connectivity index (χ1v) is 11.6. The van der Waals surface area contributed by atoms with Crippen molar-refractivity contribution in [1.29, 1.82) is 0 Å². The molecule has 35 heavy (non-hydrogen) atoms. The Labute approximate surface area is 206 Å². The second-order valence-electron chi connectivity index (χ2n) is 7.86. The quantitative estimate of drug-likeness (QED) is 0.197. The number of ether oxygens (including phenoxy) is 6. The van der Waals surface area contributed by atoms with Gasteiger partial charge in [-0.05, 0) is 18.1 Å². The van der Waals surface area contributed by atoms with Crippen molar-refractivity contribution in [2.45, 2.75) is 57.3 Å². The smallest absolute Gasteiger partial charge is 0.333 e. The van der Waals surface area contributed by atoms with Crippen LogP contribution >= 0.6 is 0 Å². The number of benzene rings is 2. The monoisotopic (exact) mass is 480 g/mol. The first-order chi connectivity index (χ1) is 17.2. The van der Waals surface area contributed by atoms with E-state index in [4.69, 9.17) is 34.8 Å². The van der Waals surface area contributed by atoms with Crippen LogP contribution in [0.3, 0.4) is 0 Å². The van der Waals surface area contributed by atoms with E-state index in [1.54, 1.807) is 14.0 Å². The molecule has 7 nitrogen and oxygen atoms in total. The van der Waals surface area contributed by atoms with Gasteiger partial charge in [0, 0.05) is 13.5 Å². The maximum absolute atomic E-state index is 11.8. The molecule has 1 heterocycles. The summed E-state index contributed by atoms with van der Waals surface area (Å²) in [6.07, 6.45) is 5.20. The molecule has 1 saturated heterocycles. The molecular weight excluding hydrogens is 448 g/mol. The number of methoxy groups -OCH3 is 1. The molecule has 186 valence electrons. The molecule has 0 aromatic heterocycles. The zero-order chi connectivity index (χ0) is 24.9. The van der Waals surface area contributed by atoms with Crippen molar-refractivity contribution in [3.63, 3.8) is 0 Å². The third-order valence-electron chi connectivity index (χ3n) is 5.44. The molecule has 0 aliphatic carbocycles. The van der Waals surface area contributed by atoms with Crippen molar-refractivity contribution in [1.82, 2.24) is 0 Å². The molecule has 1 aliphatic heterocycles. The number of carbonyl (C=O) groups is 1. The van der Waals surface area contributed by atoms with Gasteiger partial charge in [0.1, 0.15) is 18.3 Å². The predicted octanol–water partition coefficient (Wildman–Crippen LogP) is 4.01. The highest BCUT2D eigenvalue weighted by atomic mass is 16.7. The Bertz CT molecular complexity index is 954. The fourth-order valence-electron chi connectivity index (χ4n) is 3.79. The molecule has 2 aromatic rings. The molecule has 7 heteroatoms. The number of esters is 1. The fraction of sp³-hybridized carbons (Fsp3) is 0.393. The summed E-state index contributed by atoms with van der Waals surface area (Å²) < 4.78 is 35.3. The van der Waals surface area contributed by atoms with Crippen LogP contribution in [-0.4, -0.2) is 50.4 Å². The first kappa shape index (κ1) is 26.5. The van der Waals surface area contributed by atoms with E-state index in [1.807, 2.05) is 60.7 Å². The average Bonchev–Trinajstić information content (AvgIpc) is 2.89. The van der Waals surface area contributed by atoms with Gasteiger partial charge < -0.3 is 28.4 Å². The van der Waals surface area contributed by atoms with Gasteiger partial charge in [-0.1, -0.05) is 60.7 Å². The highest BCUT2D eigenvalue weighted by molar-refractivity contribution is 5.81. The minimum Gasteiger partial charge on any atom is -0.492 e. The summed E-state index contributed by atoms with van der Waals surface area (Å²) in [5.41, 5.74) is 1.98. The Morgan fingerprint density at radius 2 is 1.57 bits per heavy atom. The molecule has 3 rings (SSSR count). The molecule has 0 spiro atoms. The second-order valence-corrected chi connectivity index (χ2v) is 7.86. The van der Waals surface area contributed by atoms with Crippen LogP contribution in [0, 0.1) is 12.3 Å². The van der Waals surface area contributed by atoms with Crippen molar-refractivity contribution in [3.05, 3.63) is 84.1 Å². The Kier molecular flexibility index (Phi) is 10.8. The first-order valence-electron chi connectivity index (χ1n) is 11.6. The highest BCUT2D eigenvalue weighted by Gasteiger charge is 2.48. The lowest BCUT2D eigenvalue weighted by Gasteiger charge is -2.44. The van der Waals surface area contributed by atoms with Crippen molar-refractivity contribution < 1.29 is 33.2 Å². The predicted molar refractivity (Wildman–Crippen MR) is 130 cm³/mol. The Morgan fingerprint density at radius 1 is 0.971 bits per heavy atom. The molecule has 5 atom stereocenters. The topological polar surface area (TPSA) is 72.5 Å². The number of carbonyl (C=O) groups excluding carboxylic acids is 1. The van der Waals surface area contributed by atoms with Gasteiger partial charge in [0.15, 0.2) is 12.4 Å². The third-order valence-corrected chi connectivity index (χ3v) is 5.44. The molecule has 1 fully saturated rings. The Morgan fingerprint density at radius 3 is 2.11 bits per heavy atom. The van der Waals surface area contributed by atoms with Crippen LogP contribution in [0.25, 0.3) is 0 Å². The van der Waals surface area contributed by atoms with E-state index >= 15 is 0 Å². The zero-order valence-corrected chi connectivity index (χ0v) is 20.1. The largest absolute Gasteiger partial charge is 0.492 e. The minimum absolute atomic E-state index is 0.258. The third kappa shape index (κ3) is 7.94.